The molecule has 1 aromatic rings. The van der Waals surface area contributed by atoms with Crippen molar-refractivity contribution in [2.45, 2.75) is 4.90 Å². The van der Waals surface area contributed by atoms with Crippen LogP contribution in [0.15, 0.2) is 29.2 Å². The quantitative estimate of drug-likeness (QED) is 0.769. The molecular formula is C13H15NO4S. The Bertz CT molecular complexity index is 570. The molecule has 0 saturated heterocycles. The van der Waals surface area contributed by atoms with Crippen LogP contribution >= 0.6 is 0 Å². The van der Waals surface area contributed by atoms with E-state index in [0.717, 1.165) is 0 Å². The molecule has 1 aromatic carbocycles. The van der Waals surface area contributed by atoms with Gasteiger partial charge in [-0.3, -0.25) is 4.79 Å². The first-order chi connectivity index (χ1) is 9.01. The second-order valence-corrected chi connectivity index (χ2v) is 5.83. The molecule has 0 fully saturated rings. The van der Waals surface area contributed by atoms with Gasteiger partial charge in [0.1, 0.15) is 0 Å². The van der Waals surface area contributed by atoms with E-state index in [1.165, 1.54) is 31.4 Å². The van der Waals surface area contributed by atoms with Crippen molar-refractivity contribution in [3.8, 4) is 12.3 Å². The monoisotopic (exact) mass is 281 g/mol. The lowest BCUT2D eigenvalue weighted by atomic mass is 10.2. The summed E-state index contributed by atoms with van der Waals surface area (Å²) < 4.78 is 28.4. The number of rotatable bonds is 6. The highest BCUT2D eigenvalue weighted by Crippen LogP contribution is 2.12. The third-order valence-electron chi connectivity index (χ3n) is 2.38. The van der Waals surface area contributed by atoms with E-state index in [-0.39, 0.29) is 29.7 Å². The van der Waals surface area contributed by atoms with Gasteiger partial charge >= 0.3 is 0 Å². The molecule has 0 saturated carbocycles. The predicted octanol–water partition coefficient (Wildman–Crippen LogP) is 0.470. The Hall–Kier alpha value is -1.84. The molecule has 0 aliphatic carbocycles. The normalized spacial score (nSPS) is 10.7. The van der Waals surface area contributed by atoms with Crippen LogP contribution in [0, 0.1) is 12.3 Å². The van der Waals surface area contributed by atoms with Crippen molar-refractivity contribution in [2.75, 3.05) is 26.0 Å². The Morgan fingerprint density at radius 2 is 2.00 bits per heavy atom. The maximum atomic E-state index is 11.8. The van der Waals surface area contributed by atoms with Crippen LogP contribution in [0.4, 0.5) is 0 Å². The number of nitrogens with one attached hydrogen (secondary N) is 1. The number of hydrogen-bond donors (Lipinski definition) is 1. The summed E-state index contributed by atoms with van der Waals surface area (Å²) in [5, 5.41) is 2.50. The fourth-order valence-corrected chi connectivity index (χ4v) is 2.53. The molecule has 0 spiro atoms. The van der Waals surface area contributed by atoms with Gasteiger partial charge in [0.15, 0.2) is 9.84 Å². The van der Waals surface area contributed by atoms with Gasteiger partial charge in [0, 0.05) is 12.7 Å². The Balaban J connectivity index is 2.82. The van der Waals surface area contributed by atoms with E-state index in [9.17, 15) is 13.2 Å². The van der Waals surface area contributed by atoms with E-state index in [2.05, 4.69) is 11.2 Å². The largest absolute Gasteiger partial charge is 0.384 e. The number of amides is 1. The average Bonchev–Trinajstić information content (AvgIpc) is 2.42. The molecule has 1 N–H and O–H groups in total. The topological polar surface area (TPSA) is 72.5 Å². The summed E-state index contributed by atoms with van der Waals surface area (Å²) in [6.45, 7) is 0.263. The fourth-order valence-electron chi connectivity index (χ4n) is 1.36. The first-order valence-electron chi connectivity index (χ1n) is 5.54. The molecule has 19 heavy (non-hydrogen) atoms. The summed E-state index contributed by atoms with van der Waals surface area (Å²) in [4.78, 5) is 11.7. The first kappa shape index (κ1) is 15.2. The van der Waals surface area contributed by atoms with Crippen LogP contribution in [0.2, 0.25) is 0 Å². The summed E-state index contributed by atoms with van der Waals surface area (Å²) >= 11 is 0. The highest BCUT2D eigenvalue weighted by Gasteiger charge is 2.14. The van der Waals surface area contributed by atoms with Crippen LogP contribution in [-0.2, 0) is 14.6 Å². The van der Waals surface area contributed by atoms with Crippen LogP contribution in [0.1, 0.15) is 10.4 Å². The Morgan fingerprint density at radius 1 is 1.37 bits per heavy atom. The SMILES string of the molecule is C#CCNC(=O)c1ccc(S(=O)(=O)CCOC)cc1. The number of ether oxygens (including phenoxy) is 1. The number of carbonyl (C=O) groups is 1. The lowest BCUT2D eigenvalue weighted by Gasteiger charge is -2.05. The molecule has 0 heterocycles. The van der Waals surface area contributed by atoms with Crippen LogP contribution in [0.25, 0.3) is 0 Å². The van der Waals surface area contributed by atoms with Gasteiger partial charge in [0.05, 0.1) is 23.8 Å². The van der Waals surface area contributed by atoms with E-state index in [1.807, 2.05) is 0 Å². The van der Waals surface area contributed by atoms with Gasteiger partial charge in [0.25, 0.3) is 5.91 Å². The van der Waals surface area contributed by atoms with Gasteiger partial charge in [-0.2, -0.15) is 0 Å². The van der Waals surface area contributed by atoms with Crippen molar-refractivity contribution in [2.24, 2.45) is 0 Å². The molecule has 0 atom stereocenters. The number of benzene rings is 1. The van der Waals surface area contributed by atoms with Gasteiger partial charge in [-0.05, 0) is 24.3 Å². The summed E-state index contributed by atoms with van der Waals surface area (Å²) in [5.41, 5.74) is 0.362. The van der Waals surface area contributed by atoms with E-state index in [4.69, 9.17) is 11.2 Å². The van der Waals surface area contributed by atoms with Crippen molar-refractivity contribution < 1.29 is 17.9 Å². The fraction of sp³-hybridized carbons (Fsp3) is 0.308. The van der Waals surface area contributed by atoms with E-state index in [0.29, 0.717) is 5.56 Å². The third kappa shape index (κ3) is 4.39. The van der Waals surface area contributed by atoms with Gasteiger partial charge in [-0.25, -0.2) is 8.42 Å². The first-order valence-corrected chi connectivity index (χ1v) is 7.20. The van der Waals surface area contributed by atoms with Gasteiger partial charge < -0.3 is 10.1 Å². The summed E-state index contributed by atoms with van der Waals surface area (Å²) in [7, 11) is -1.93. The Morgan fingerprint density at radius 3 is 2.53 bits per heavy atom. The van der Waals surface area contributed by atoms with E-state index in [1.54, 1.807) is 0 Å². The van der Waals surface area contributed by atoms with Crippen molar-refractivity contribution in [3.05, 3.63) is 29.8 Å². The van der Waals surface area contributed by atoms with E-state index >= 15 is 0 Å². The second kappa shape index (κ2) is 6.92. The molecule has 6 heteroatoms. The van der Waals surface area contributed by atoms with Crippen molar-refractivity contribution in [1.82, 2.24) is 5.32 Å². The zero-order chi connectivity index (χ0) is 14.3. The molecule has 1 amide bonds. The zero-order valence-electron chi connectivity index (χ0n) is 10.5. The highest BCUT2D eigenvalue weighted by atomic mass is 32.2. The summed E-state index contributed by atoms with van der Waals surface area (Å²) in [6, 6.07) is 5.70. The maximum absolute atomic E-state index is 11.8. The van der Waals surface area contributed by atoms with Crippen molar-refractivity contribution in [1.29, 1.82) is 0 Å². The summed E-state index contributed by atoms with van der Waals surface area (Å²) in [5.74, 6) is 1.86. The molecule has 102 valence electrons. The zero-order valence-corrected chi connectivity index (χ0v) is 11.4. The van der Waals surface area contributed by atoms with Crippen LogP contribution in [0.3, 0.4) is 0 Å². The standard InChI is InChI=1S/C13H15NO4S/c1-3-8-14-13(15)11-4-6-12(7-5-11)19(16,17)10-9-18-2/h1,4-7H,8-10H2,2H3,(H,14,15). The Labute approximate surface area is 112 Å². The second-order valence-electron chi connectivity index (χ2n) is 3.72. The van der Waals surface area contributed by atoms with Crippen LogP contribution in [0.5, 0.6) is 0 Å². The number of carbonyl (C=O) groups excluding carboxylic acids is 1. The minimum atomic E-state index is -3.37. The molecule has 0 aliphatic rings. The maximum Gasteiger partial charge on any atom is 0.252 e. The van der Waals surface area contributed by atoms with Crippen LogP contribution < -0.4 is 5.32 Å². The number of terminal acetylenes is 1. The molecular weight excluding hydrogens is 266 g/mol. The lowest BCUT2D eigenvalue weighted by Crippen LogP contribution is -2.23. The molecule has 0 bridgehead atoms. The van der Waals surface area contributed by atoms with Gasteiger partial charge in [-0.15, -0.1) is 6.42 Å². The number of hydrogen-bond acceptors (Lipinski definition) is 4. The third-order valence-corrected chi connectivity index (χ3v) is 4.08. The van der Waals surface area contributed by atoms with Crippen molar-refractivity contribution in [3.63, 3.8) is 0 Å². The van der Waals surface area contributed by atoms with Gasteiger partial charge in [0.2, 0.25) is 0 Å². The minimum absolute atomic E-state index is 0.0911. The van der Waals surface area contributed by atoms with Crippen molar-refractivity contribution >= 4 is 15.7 Å². The van der Waals surface area contributed by atoms with E-state index < -0.39 is 9.84 Å². The molecule has 1 rings (SSSR count). The minimum Gasteiger partial charge on any atom is -0.384 e. The van der Waals surface area contributed by atoms with Crippen LogP contribution in [-0.4, -0.2) is 40.3 Å². The molecule has 0 unspecified atom stereocenters. The highest BCUT2D eigenvalue weighted by molar-refractivity contribution is 7.91. The molecule has 0 aromatic heterocycles. The van der Waals surface area contributed by atoms with Gasteiger partial charge in [-0.1, -0.05) is 5.92 Å². The average molecular weight is 281 g/mol. The smallest absolute Gasteiger partial charge is 0.252 e. The molecule has 0 aliphatic heterocycles. The summed E-state index contributed by atoms with van der Waals surface area (Å²) in [6.07, 6.45) is 5.03. The number of methoxy groups -OCH3 is 1. The molecule has 0 radical (unpaired) electrons. The number of sulfone groups is 1. The molecule has 5 nitrogen and oxygen atoms in total. The lowest BCUT2D eigenvalue weighted by molar-refractivity contribution is 0.0958. The predicted molar refractivity (Wildman–Crippen MR) is 71.5 cm³/mol. The Kier molecular flexibility index (Phi) is 5.55.